The molecule has 2 aromatic carbocycles. The number of nitrogens with one attached hydrogen (secondary N) is 1. The Kier molecular flexibility index (Phi) is 4.65. The molecule has 124 valence electrons. The molecule has 0 aromatic heterocycles. The number of amides is 2. The smallest absolute Gasteiger partial charge is 0.229 e. The summed E-state index contributed by atoms with van der Waals surface area (Å²) in [6, 6.07) is 15.6. The molecular weight excluding hydrogens is 300 g/mol. The van der Waals surface area contributed by atoms with E-state index in [-0.39, 0.29) is 24.2 Å². The molecular formula is C20H22N2O2. The van der Waals surface area contributed by atoms with Crippen LogP contribution in [0.3, 0.4) is 0 Å². The van der Waals surface area contributed by atoms with E-state index in [9.17, 15) is 9.59 Å². The maximum Gasteiger partial charge on any atom is 0.229 e. The Bertz CT molecular complexity index is 770. The molecule has 1 aliphatic rings. The fraction of sp³-hybridized carbons (Fsp3) is 0.300. The Labute approximate surface area is 142 Å². The minimum absolute atomic E-state index is 0.00762. The number of carbonyl (C=O) groups is 2. The molecule has 0 unspecified atom stereocenters. The van der Waals surface area contributed by atoms with Crippen LogP contribution in [-0.2, 0) is 16.0 Å². The van der Waals surface area contributed by atoms with Crippen LogP contribution in [0, 0.1) is 12.8 Å². The van der Waals surface area contributed by atoms with Gasteiger partial charge in [-0.2, -0.15) is 0 Å². The zero-order valence-electron chi connectivity index (χ0n) is 14.1. The summed E-state index contributed by atoms with van der Waals surface area (Å²) in [6.07, 6.45) is 1.11. The zero-order chi connectivity index (χ0) is 17.1. The normalized spacial score (nSPS) is 17.2. The summed E-state index contributed by atoms with van der Waals surface area (Å²) >= 11 is 0. The fourth-order valence-corrected chi connectivity index (χ4v) is 3.17. The van der Waals surface area contributed by atoms with Crippen LogP contribution in [0.4, 0.5) is 11.4 Å². The molecule has 1 fully saturated rings. The van der Waals surface area contributed by atoms with Gasteiger partial charge in [-0.25, -0.2) is 0 Å². The first-order chi connectivity index (χ1) is 11.6. The summed E-state index contributed by atoms with van der Waals surface area (Å²) in [4.78, 5) is 26.7. The standard InChI is InChI=1S/C20H22N2O2/c1-3-15-9-5-6-10-17(15)21-20(24)16-12-19(23)22(13-16)18-11-7-4-8-14(18)2/h4-11,16H,3,12-13H2,1-2H3,(H,21,24)/t16-/m1/s1. The average molecular weight is 322 g/mol. The van der Waals surface area contributed by atoms with Crippen LogP contribution in [0.2, 0.25) is 0 Å². The Hall–Kier alpha value is -2.62. The number of rotatable bonds is 4. The number of hydrogen-bond donors (Lipinski definition) is 1. The summed E-state index contributed by atoms with van der Waals surface area (Å²) in [5.74, 6) is -0.393. The molecule has 24 heavy (non-hydrogen) atoms. The van der Waals surface area contributed by atoms with Gasteiger partial charge in [0.25, 0.3) is 0 Å². The molecule has 1 aliphatic heterocycles. The number of benzene rings is 2. The van der Waals surface area contributed by atoms with Crippen molar-refractivity contribution in [1.82, 2.24) is 0 Å². The predicted molar refractivity (Wildman–Crippen MR) is 96.1 cm³/mol. The van der Waals surface area contributed by atoms with Gasteiger partial charge >= 0.3 is 0 Å². The Balaban J connectivity index is 1.74. The van der Waals surface area contributed by atoms with Gasteiger partial charge in [0.05, 0.1) is 5.92 Å². The van der Waals surface area contributed by atoms with Gasteiger partial charge in [-0.1, -0.05) is 43.3 Å². The average Bonchev–Trinajstić information content (AvgIpc) is 2.97. The molecule has 1 saturated heterocycles. The molecule has 1 heterocycles. The molecule has 1 atom stereocenters. The lowest BCUT2D eigenvalue weighted by atomic mass is 10.1. The maximum absolute atomic E-state index is 12.6. The number of para-hydroxylation sites is 2. The summed E-state index contributed by atoms with van der Waals surface area (Å²) in [6.45, 7) is 4.47. The predicted octanol–water partition coefficient (Wildman–Crippen LogP) is 3.55. The summed E-state index contributed by atoms with van der Waals surface area (Å²) in [7, 11) is 0. The first-order valence-corrected chi connectivity index (χ1v) is 8.35. The van der Waals surface area contributed by atoms with Crippen molar-refractivity contribution in [1.29, 1.82) is 0 Å². The Morgan fingerprint density at radius 2 is 1.88 bits per heavy atom. The minimum atomic E-state index is -0.318. The van der Waals surface area contributed by atoms with Crippen molar-refractivity contribution >= 4 is 23.2 Å². The van der Waals surface area contributed by atoms with Gasteiger partial charge in [0.1, 0.15) is 0 Å². The van der Waals surface area contributed by atoms with E-state index < -0.39 is 0 Å². The van der Waals surface area contributed by atoms with Crippen LogP contribution in [0.1, 0.15) is 24.5 Å². The lowest BCUT2D eigenvalue weighted by molar-refractivity contribution is -0.122. The second kappa shape index (κ2) is 6.87. The number of anilines is 2. The number of nitrogens with zero attached hydrogens (tertiary/aromatic N) is 1. The van der Waals surface area contributed by atoms with E-state index in [1.54, 1.807) is 4.90 Å². The Morgan fingerprint density at radius 1 is 1.17 bits per heavy atom. The zero-order valence-corrected chi connectivity index (χ0v) is 14.1. The van der Waals surface area contributed by atoms with Gasteiger partial charge in [-0.3, -0.25) is 9.59 Å². The van der Waals surface area contributed by atoms with Crippen molar-refractivity contribution in [3.05, 3.63) is 59.7 Å². The van der Waals surface area contributed by atoms with Crippen molar-refractivity contribution in [3.63, 3.8) is 0 Å². The fourth-order valence-electron chi connectivity index (χ4n) is 3.17. The Morgan fingerprint density at radius 3 is 2.62 bits per heavy atom. The van der Waals surface area contributed by atoms with Crippen molar-refractivity contribution < 1.29 is 9.59 Å². The van der Waals surface area contributed by atoms with E-state index >= 15 is 0 Å². The summed E-state index contributed by atoms with van der Waals surface area (Å²) < 4.78 is 0. The van der Waals surface area contributed by atoms with Crippen molar-refractivity contribution in [2.45, 2.75) is 26.7 Å². The highest BCUT2D eigenvalue weighted by Crippen LogP contribution is 2.28. The van der Waals surface area contributed by atoms with Crippen molar-refractivity contribution in [2.24, 2.45) is 5.92 Å². The van der Waals surface area contributed by atoms with Gasteiger partial charge in [-0.05, 0) is 36.6 Å². The van der Waals surface area contributed by atoms with Crippen molar-refractivity contribution in [3.8, 4) is 0 Å². The van der Waals surface area contributed by atoms with E-state index in [1.165, 1.54) is 0 Å². The first kappa shape index (κ1) is 16.2. The van der Waals surface area contributed by atoms with E-state index in [1.807, 2.05) is 55.5 Å². The highest BCUT2D eigenvalue weighted by molar-refractivity contribution is 6.04. The maximum atomic E-state index is 12.6. The molecule has 0 radical (unpaired) electrons. The number of aryl methyl sites for hydroxylation is 2. The third-order valence-electron chi connectivity index (χ3n) is 4.56. The minimum Gasteiger partial charge on any atom is -0.326 e. The van der Waals surface area contributed by atoms with Crippen LogP contribution in [0.25, 0.3) is 0 Å². The highest BCUT2D eigenvalue weighted by atomic mass is 16.2. The quantitative estimate of drug-likeness (QED) is 0.936. The topological polar surface area (TPSA) is 49.4 Å². The molecule has 4 nitrogen and oxygen atoms in total. The largest absolute Gasteiger partial charge is 0.326 e. The highest BCUT2D eigenvalue weighted by Gasteiger charge is 2.35. The molecule has 0 bridgehead atoms. The SMILES string of the molecule is CCc1ccccc1NC(=O)[C@@H]1CC(=O)N(c2ccccc2C)C1. The summed E-state index contributed by atoms with van der Waals surface area (Å²) in [5.41, 5.74) is 3.88. The summed E-state index contributed by atoms with van der Waals surface area (Å²) in [5, 5.41) is 2.99. The van der Waals surface area contributed by atoms with Gasteiger partial charge in [-0.15, -0.1) is 0 Å². The lowest BCUT2D eigenvalue weighted by Crippen LogP contribution is -2.28. The molecule has 4 heteroatoms. The second-order valence-corrected chi connectivity index (χ2v) is 6.19. The first-order valence-electron chi connectivity index (χ1n) is 8.35. The van der Waals surface area contributed by atoms with Crippen molar-refractivity contribution in [2.75, 3.05) is 16.8 Å². The monoisotopic (exact) mass is 322 g/mol. The van der Waals surface area contributed by atoms with Crippen LogP contribution in [-0.4, -0.2) is 18.4 Å². The van der Waals surface area contributed by atoms with Crippen LogP contribution in [0.5, 0.6) is 0 Å². The third kappa shape index (κ3) is 3.18. The molecule has 1 N–H and O–H groups in total. The van der Waals surface area contributed by atoms with E-state index in [0.29, 0.717) is 6.54 Å². The van der Waals surface area contributed by atoms with Gasteiger partial charge in [0.2, 0.25) is 11.8 Å². The van der Waals surface area contributed by atoms with E-state index in [4.69, 9.17) is 0 Å². The molecule has 0 aliphatic carbocycles. The van der Waals surface area contributed by atoms with Gasteiger partial charge in [0, 0.05) is 24.3 Å². The molecule has 0 saturated carbocycles. The second-order valence-electron chi connectivity index (χ2n) is 6.19. The molecule has 2 amide bonds. The van der Waals surface area contributed by atoms with Gasteiger partial charge in [0.15, 0.2) is 0 Å². The van der Waals surface area contributed by atoms with Crippen LogP contribution >= 0.6 is 0 Å². The molecule has 3 rings (SSSR count). The van der Waals surface area contributed by atoms with Crippen LogP contribution < -0.4 is 10.2 Å². The molecule has 2 aromatic rings. The van der Waals surface area contributed by atoms with Gasteiger partial charge < -0.3 is 10.2 Å². The third-order valence-corrected chi connectivity index (χ3v) is 4.56. The number of carbonyl (C=O) groups excluding carboxylic acids is 2. The van der Waals surface area contributed by atoms with E-state index in [0.717, 1.165) is 28.9 Å². The van der Waals surface area contributed by atoms with E-state index in [2.05, 4.69) is 12.2 Å². The lowest BCUT2D eigenvalue weighted by Gasteiger charge is -2.19. The number of hydrogen-bond acceptors (Lipinski definition) is 2. The van der Waals surface area contributed by atoms with Crippen LogP contribution in [0.15, 0.2) is 48.5 Å². The molecule has 0 spiro atoms.